The maximum absolute atomic E-state index is 5.58. The summed E-state index contributed by atoms with van der Waals surface area (Å²) in [5, 5.41) is 0. The van der Waals surface area contributed by atoms with Gasteiger partial charge in [-0.1, -0.05) is 24.3 Å². The van der Waals surface area contributed by atoms with Crippen LogP contribution in [0.25, 0.3) is 0 Å². The van der Waals surface area contributed by atoms with Gasteiger partial charge in [0.1, 0.15) is 0 Å². The average Bonchev–Trinajstić information content (AvgIpc) is 2.66. The van der Waals surface area contributed by atoms with Crippen LogP contribution in [0.1, 0.15) is 25.7 Å². The minimum atomic E-state index is -0.668. The first-order valence-corrected chi connectivity index (χ1v) is 8.78. The lowest BCUT2D eigenvalue weighted by Crippen LogP contribution is -2.05. The van der Waals surface area contributed by atoms with Gasteiger partial charge in [0, 0.05) is 5.92 Å². The normalized spacial score (nSPS) is 37.5. The summed E-state index contributed by atoms with van der Waals surface area (Å²) in [6.45, 7) is 4.17. The summed E-state index contributed by atoms with van der Waals surface area (Å²) >= 11 is 0. The molecule has 1 aliphatic heterocycles. The molecule has 0 spiro atoms. The van der Waals surface area contributed by atoms with E-state index in [1.54, 1.807) is 0 Å². The zero-order chi connectivity index (χ0) is 12.3. The molecule has 2 aliphatic rings. The van der Waals surface area contributed by atoms with Crippen LogP contribution >= 0.6 is 10.0 Å². The van der Waals surface area contributed by atoms with Crippen molar-refractivity contribution in [3.63, 3.8) is 0 Å². The van der Waals surface area contributed by atoms with Crippen LogP contribution in [0.2, 0.25) is 0 Å². The molecule has 0 saturated carbocycles. The second kappa shape index (κ2) is 5.19. The lowest BCUT2D eigenvalue weighted by molar-refractivity contribution is 0.776. The average molecular weight is 246 g/mol. The molecule has 0 aromatic carbocycles. The molecule has 0 amide bonds. The molecule has 17 heavy (non-hydrogen) atoms. The summed E-state index contributed by atoms with van der Waals surface area (Å²) in [7, 11) is -0.668. The van der Waals surface area contributed by atoms with Gasteiger partial charge in [0.25, 0.3) is 0 Å². The number of hydrogen-bond donors (Lipinski definition) is 0. The van der Waals surface area contributed by atoms with Crippen LogP contribution in [-0.4, -0.2) is 17.8 Å². The lowest BCUT2D eigenvalue weighted by atomic mass is 10.1. The molecule has 2 atom stereocenters. The molecule has 1 heterocycles. The van der Waals surface area contributed by atoms with E-state index in [2.05, 4.69) is 37.0 Å². The van der Waals surface area contributed by atoms with Crippen molar-refractivity contribution in [1.82, 2.24) is 0 Å². The highest BCUT2D eigenvalue weighted by atomic mass is 32.3. The first kappa shape index (κ1) is 12.6. The summed E-state index contributed by atoms with van der Waals surface area (Å²) in [5.74, 6) is 5.96. The van der Waals surface area contributed by atoms with Gasteiger partial charge in [-0.15, -0.1) is 12.3 Å². The number of rotatable bonds is 1. The van der Waals surface area contributed by atoms with Crippen molar-refractivity contribution in [3.8, 4) is 12.3 Å². The Morgan fingerprint density at radius 1 is 1.53 bits per heavy atom. The Hall–Kier alpha value is -0.870. The molecule has 0 nitrogen and oxygen atoms in total. The van der Waals surface area contributed by atoms with Crippen molar-refractivity contribution in [3.05, 3.63) is 35.3 Å². The second-order valence-corrected chi connectivity index (χ2v) is 9.06. The van der Waals surface area contributed by atoms with Gasteiger partial charge in [-0.25, -0.2) is 10.0 Å². The molecule has 2 rings (SSSR count). The van der Waals surface area contributed by atoms with Crippen LogP contribution in [0.4, 0.5) is 0 Å². The van der Waals surface area contributed by atoms with Gasteiger partial charge in [-0.2, -0.15) is 0 Å². The van der Waals surface area contributed by atoms with E-state index in [0.717, 1.165) is 6.42 Å². The summed E-state index contributed by atoms with van der Waals surface area (Å²) in [6.07, 6.45) is 19.8. The largest absolute Gasteiger partial charge is 0.216 e. The standard InChI is InChI=1S/C16H22S/c1-4-15-10-11-17(3,13-15)16-9-7-5-6-8-14(2)12-16/h1,7,9,12,15H,2,5-6,8,10-11,13H2,3H3. The molecule has 92 valence electrons. The highest BCUT2D eigenvalue weighted by molar-refractivity contribution is 8.36. The zero-order valence-electron chi connectivity index (χ0n) is 10.7. The van der Waals surface area contributed by atoms with Gasteiger partial charge < -0.3 is 0 Å². The van der Waals surface area contributed by atoms with E-state index in [4.69, 9.17) is 6.42 Å². The van der Waals surface area contributed by atoms with Crippen LogP contribution in [0.3, 0.4) is 0 Å². The number of terminal acetylenes is 1. The fourth-order valence-electron chi connectivity index (χ4n) is 2.63. The van der Waals surface area contributed by atoms with Crippen molar-refractivity contribution in [1.29, 1.82) is 0 Å². The Morgan fingerprint density at radius 3 is 3.06 bits per heavy atom. The summed E-state index contributed by atoms with van der Waals surface area (Å²) in [4.78, 5) is 1.53. The Kier molecular flexibility index (Phi) is 3.84. The molecule has 1 fully saturated rings. The monoisotopic (exact) mass is 246 g/mol. The Labute approximate surface area is 107 Å². The fourth-order valence-corrected chi connectivity index (χ4v) is 6.06. The van der Waals surface area contributed by atoms with E-state index in [1.165, 1.54) is 41.2 Å². The van der Waals surface area contributed by atoms with Crippen LogP contribution in [0, 0.1) is 18.3 Å². The van der Waals surface area contributed by atoms with Crippen molar-refractivity contribution in [2.24, 2.45) is 5.92 Å². The third kappa shape index (κ3) is 2.87. The van der Waals surface area contributed by atoms with Crippen LogP contribution in [0.5, 0.6) is 0 Å². The highest BCUT2D eigenvalue weighted by Crippen LogP contribution is 2.59. The van der Waals surface area contributed by atoms with E-state index in [0.29, 0.717) is 5.92 Å². The highest BCUT2D eigenvalue weighted by Gasteiger charge is 2.32. The smallest absolute Gasteiger partial charge is 0.0286 e. The zero-order valence-corrected chi connectivity index (χ0v) is 11.6. The van der Waals surface area contributed by atoms with Crippen molar-refractivity contribution in [2.75, 3.05) is 17.8 Å². The van der Waals surface area contributed by atoms with Gasteiger partial charge >= 0.3 is 0 Å². The number of allylic oxidation sites excluding steroid dienone is 4. The summed E-state index contributed by atoms with van der Waals surface area (Å²) < 4.78 is 0. The topological polar surface area (TPSA) is 0 Å². The van der Waals surface area contributed by atoms with Gasteiger partial charge in [-0.05, 0) is 54.4 Å². The summed E-state index contributed by atoms with van der Waals surface area (Å²) in [5.41, 5.74) is 1.29. The minimum Gasteiger partial charge on any atom is -0.216 e. The van der Waals surface area contributed by atoms with E-state index in [1.807, 2.05) is 0 Å². The Balaban J connectivity index is 2.23. The molecule has 1 heteroatoms. The Morgan fingerprint density at radius 2 is 2.35 bits per heavy atom. The van der Waals surface area contributed by atoms with Crippen molar-refractivity contribution < 1.29 is 0 Å². The molecule has 0 radical (unpaired) electrons. The molecule has 0 N–H and O–H groups in total. The van der Waals surface area contributed by atoms with Crippen molar-refractivity contribution >= 4 is 10.0 Å². The second-order valence-electron chi connectivity index (χ2n) is 5.30. The lowest BCUT2D eigenvalue weighted by Gasteiger charge is -2.33. The molecule has 1 aliphatic carbocycles. The van der Waals surface area contributed by atoms with E-state index in [-0.39, 0.29) is 0 Å². The van der Waals surface area contributed by atoms with Gasteiger partial charge in [0.15, 0.2) is 0 Å². The molecule has 0 aromatic heterocycles. The number of hydrogen-bond acceptors (Lipinski definition) is 0. The molecule has 1 saturated heterocycles. The maximum atomic E-state index is 5.58. The van der Waals surface area contributed by atoms with E-state index < -0.39 is 10.0 Å². The predicted molar refractivity (Wildman–Crippen MR) is 80.4 cm³/mol. The third-order valence-corrected chi connectivity index (χ3v) is 7.45. The van der Waals surface area contributed by atoms with Crippen LogP contribution in [0.15, 0.2) is 35.3 Å². The Bertz CT molecular complexity index is 408. The van der Waals surface area contributed by atoms with Gasteiger partial charge in [0.05, 0.1) is 0 Å². The van der Waals surface area contributed by atoms with E-state index in [9.17, 15) is 0 Å². The van der Waals surface area contributed by atoms with E-state index >= 15 is 0 Å². The third-order valence-electron chi connectivity index (χ3n) is 3.79. The predicted octanol–water partition coefficient (Wildman–Crippen LogP) is 4.25. The molecule has 2 unspecified atom stereocenters. The van der Waals surface area contributed by atoms with Crippen LogP contribution < -0.4 is 0 Å². The fraction of sp³-hybridized carbons (Fsp3) is 0.500. The molecule has 0 bridgehead atoms. The molecular weight excluding hydrogens is 224 g/mol. The quantitative estimate of drug-likeness (QED) is 0.607. The van der Waals surface area contributed by atoms with Crippen molar-refractivity contribution in [2.45, 2.75) is 25.7 Å². The SMILES string of the molecule is C#CC1CCS(C)(C2=CC(=C)CCCC=C2)C1. The summed E-state index contributed by atoms with van der Waals surface area (Å²) in [6, 6.07) is 0. The maximum Gasteiger partial charge on any atom is 0.0286 e. The minimum absolute atomic E-state index is 0.503. The molecular formula is C16H22S. The van der Waals surface area contributed by atoms with Gasteiger partial charge in [0.2, 0.25) is 0 Å². The van der Waals surface area contributed by atoms with Gasteiger partial charge in [-0.3, -0.25) is 0 Å². The first-order valence-electron chi connectivity index (χ1n) is 6.40. The molecule has 0 aromatic rings. The van der Waals surface area contributed by atoms with Crippen LogP contribution in [-0.2, 0) is 0 Å². The first-order chi connectivity index (χ1) is 8.14.